The summed E-state index contributed by atoms with van der Waals surface area (Å²) < 4.78 is 47.2. The lowest BCUT2D eigenvalue weighted by Crippen LogP contribution is -2.32. The lowest BCUT2D eigenvalue weighted by molar-refractivity contribution is -0.154. The molecule has 2 heterocycles. The maximum Gasteiger partial charge on any atom is 0.422 e. The molecule has 7 nitrogen and oxygen atoms in total. The first-order valence-corrected chi connectivity index (χ1v) is 11.7. The summed E-state index contributed by atoms with van der Waals surface area (Å²) in [6.07, 6.45) is 3.35. The standard InChI is InChI=1S/C25H28F3N3O4/c1-2-20(32)13-16-3-5-17(6-4-16)18-7-9-19(10-8-18)31-11-12-34-22-21(23(31)33)14-29-24(30-22)35-15-25(26,27)28/h2,7-10,14,16-17,32H,3-6,11-13,15H2,1H3. The molecule has 0 radical (unpaired) electrons. The number of carbonyl (C=O) groups is 1. The fraction of sp³-hybridized carbons (Fsp3) is 0.480. The Morgan fingerprint density at radius 1 is 1.23 bits per heavy atom. The van der Waals surface area contributed by atoms with Crippen molar-refractivity contribution in [2.24, 2.45) is 5.92 Å². The zero-order chi connectivity index (χ0) is 25.0. The van der Waals surface area contributed by atoms with Crippen LogP contribution in [0.15, 0.2) is 42.3 Å². The van der Waals surface area contributed by atoms with Gasteiger partial charge in [0.05, 0.1) is 18.5 Å². The average molecular weight is 492 g/mol. The number of fused-ring (bicyclic) bond motifs is 1. The Kier molecular flexibility index (Phi) is 7.47. The van der Waals surface area contributed by atoms with Gasteiger partial charge in [-0.3, -0.25) is 4.79 Å². The van der Waals surface area contributed by atoms with Gasteiger partial charge in [0, 0.05) is 12.1 Å². The molecule has 0 spiro atoms. The summed E-state index contributed by atoms with van der Waals surface area (Å²) in [5.74, 6) is 0.929. The third-order valence-corrected chi connectivity index (χ3v) is 6.48. The highest BCUT2D eigenvalue weighted by atomic mass is 19.4. The number of halogens is 3. The predicted octanol–water partition coefficient (Wildman–Crippen LogP) is 5.58. The number of aliphatic hydroxyl groups is 1. The summed E-state index contributed by atoms with van der Waals surface area (Å²) in [5, 5.41) is 9.78. The maximum atomic E-state index is 13.1. The van der Waals surface area contributed by atoms with Gasteiger partial charge >= 0.3 is 12.2 Å². The Morgan fingerprint density at radius 3 is 2.60 bits per heavy atom. The molecule has 10 heteroatoms. The first kappa shape index (κ1) is 24.8. The van der Waals surface area contributed by atoms with E-state index in [0.29, 0.717) is 23.3 Å². The van der Waals surface area contributed by atoms with Gasteiger partial charge in [0.2, 0.25) is 5.88 Å². The lowest BCUT2D eigenvalue weighted by Gasteiger charge is -2.29. The summed E-state index contributed by atoms with van der Waals surface area (Å²) in [7, 11) is 0. The Hall–Kier alpha value is -3.30. The minimum absolute atomic E-state index is 0.0636. The van der Waals surface area contributed by atoms with E-state index < -0.39 is 24.7 Å². The van der Waals surface area contributed by atoms with Gasteiger partial charge in [-0.1, -0.05) is 12.1 Å². The van der Waals surface area contributed by atoms with Gasteiger partial charge in [-0.25, -0.2) is 4.98 Å². The van der Waals surface area contributed by atoms with Crippen molar-refractivity contribution in [1.29, 1.82) is 0 Å². The number of aromatic nitrogens is 2. The van der Waals surface area contributed by atoms with Gasteiger partial charge in [-0.15, -0.1) is 0 Å². The third-order valence-electron chi connectivity index (χ3n) is 6.48. The molecule has 35 heavy (non-hydrogen) atoms. The third kappa shape index (κ3) is 6.23. The zero-order valence-electron chi connectivity index (χ0n) is 19.4. The van der Waals surface area contributed by atoms with Crippen molar-refractivity contribution in [2.75, 3.05) is 24.7 Å². The first-order valence-electron chi connectivity index (χ1n) is 11.7. The molecule has 4 rings (SSSR count). The molecule has 1 aromatic carbocycles. The minimum Gasteiger partial charge on any atom is -0.513 e. The average Bonchev–Trinajstić information content (AvgIpc) is 3.01. The van der Waals surface area contributed by atoms with Crippen LogP contribution in [0.5, 0.6) is 11.9 Å². The Labute approximate surface area is 201 Å². The van der Waals surface area contributed by atoms with Crippen LogP contribution in [0, 0.1) is 5.92 Å². The van der Waals surface area contributed by atoms with Crippen LogP contribution in [0.4, 0.5) is 18.9 Å². The van der Waals surface area contributed by atoms with E-state index in [9.17, 15) is 23.1 Å². The molecule has 1 aliphatic heterocycles. The van der Waals surface area contributed by atoms with Crippen LogP contribution >= 0.6 is 0 Å². The maximum absolute atomic E-state index is 13.1. The summed E-state index contributed by atoms with van der Waals surface area (Å²) in [5.41, 5.74) is 1.98. The Balaban J connectivity index is 1.41. The fourth-order valence-corrected chi connectivity index (χ4v) is 4.59. The van der Waals surface area contributed by atoms with E-state index in [0.717, 1.165) is 38.3 Å². The molecule has 1 amide bonds. The van der Waals surface area contributed by atoms with Crippen LogP contribution in [-0.2, 0) is 0 Å². The molecular weight excluding hydrogens is 463 g/mol. The number of alkyl halides is 3. The number of rotatable bonds is 6. The number of hydrogen-bond acceptors (Lipinski definition) is 6. The molecule has 0 unspecified atom stereocenters. The Morgan fingerprint density at radius 2 is 1.94 bits per heavy atom. The van der Waals surface area contributed by atoms with Gasteiger partial charge in [0.25, 0.3) is 5.91 Å². The number of ether oxygens (including phenoxy) is 2. The molecule has 188 valence electrons. The highest BCUT2D eigenvalue weighted by molar-refractivity contribution is 6.07. The van der Waals surface area contributed by atoms with Crippen molar-refractivity contribution in [1.82, 2.24) is 9.97 Å². The van der Waals surface area contributed by atoms with Crippen LogP contribution < -0.4 is 14.4 Å². The van der Waals surface area contributed by atoms with E-state index in [1.165, 1.54) is 5.56 Å². The molecule has 0 saturated heterocycles. The highest BCUT2D eigenvalue weighted by Gasteiger charge is 2.31. The highest BCUT2D eigenvalue weighted by Crippen LogP contribution is 2.38. The summed E-state index contributed by atoms with van der Waals surface area (Å²) in [6, 6.07) is 7.37. The van der Waals surface area contributed by atoms with Gasteiger partial charge in [-0.05, 0) is 68.2 Å². The number of allylic oxidation sites excluding steroid dienone is 2. The largest absolute Gasteiger partial charge is 0.513 e. The van der Waals surface area contributed by atoms with Gasteiger partial charge in [0.1, 0.15) is 12.2 Å². The smallest absolute Gasteiger partial charge is 0.422 e. The van der Waals surface area contributed by atoms with E-state index in [1.54, 1.807) is 11.0 Å². The normalized spacial score (nSPS) is 21.2. The topological polar surface area (TPSA) is 84.8 Å². The fourth-order valence-electron chi connectivity index (χ4n) is 4.59. The molecule has 1 saturated carbocycles. The van der Waals surface area contributed by atoms with E-state index in [-0.39, 0.29) is 24.6 Å². The van der Waals surface area contributed by atoms with E-state index >= 15 is 0 Å². The molecule has 1 aromatic heterocycles. The second-order valence-electron chi connectivity index (χ2n) is 8.87. The first-order chi connectivity index (χ1) is 16.7. The number of anilines is 1. The van der Waals surface area contributed by atoms with Crippen molar-refractivity contribution >= 4 is 11.6 Å². The number of amides is 1. The number of benzene rings is 1. The molecule has 0 bridgehead atoms. The summed E-state index contributed by atoms with van der Waals surface area (Å²) in [6.45, 7) is 0.698. The second-order valence-corrected chi connectivity index (χ2v) is 8.87. The van der Waals surface area contributed by atoms with Crippen LogP contribution in [-0.4, -0.2) is 46.9 Å². The molecule has 2 aromatic rings. The van der Waals surface area contributed by atoms with Gasteiger partial charge < -0.3 is 19.5 Å². The molecule has 2 aliphatic rings. The molecule has 1 fully saturated rings. The van der Waals surface area contributed by atoms with Crippen LogP contribution in [0.2, 0.25) is 0 Å². The van der Waals surface area contributed by atoms with Gasteiger partial charge in [0.15, 0.2) is 6.61 Å². The number of carbonyl (C=O) groups excluding carboxylic acids is 1. The summed E-state index contributed by atoms with van der Waals surface area (Å²) in [4.78, 5) is 22.2. The van der Waals surface area contributed by atoms with Crippen molar-refractivity contribution in [3.05, 3.63) is 53.4 Å². The van der Waals surface area contributed by atoms with Crippen molar-refractivity contribution in [2.45, 2.75) is 51.1 Å². The number of hydrogen-bond donors (Lipinski definition) is 1. The predicted molar refractivity (Wildman–Crippen MR) is 123 cm³/mol. The molecule has 0 atom stereocenters. The number of aliphatic hydroxyl groups excluding tert-OH is 1. The molecule has 1 N–H and O–H groups in total. The van der Waals surface area contributed by atoms with E-state index in [2.05, 4.69) is 14.7 Å². The minimum atomic E-state index is -4.52. The van der Waals surface area contributed by atoms with Gasteiger partial charge in [-0.2, -0.15) is 18.2 Å². The van der Waals surface area contributed by atoms with Crippen LogP contribution in [0.25, 0.3) is 0 Å². The molecule has 1 aliphatic carbocycles. The molecular formula is C25H28F3N3O4. The SMILES string of the molecule is CC=C(O)CC1CCC(c2ccc(N3CCOc4nc(OCC(F)(F)F)ncc4C3=O)cc2)CC1. The van der Waals surface area contributed by atoms with Crippen molar-refractivity contribution in [3.8, 4) is 11.9 Å². The van der Waals surface area contributed by atoms with Crippen molar-refractivity contribution in [3.63, 3.8) is 0 Å². The Bertz CT molecular complexity index is 1060. The monoisotopic (exact) mass is 491 g/mol. The van der Waals surface area contributed by atoms with E-state index in [4.69, 9.17) is 4.74 Å². The number of nitrogens with zero attached hydrogens (tertiary/aromatic N) is 3. The zero-order valence-corrected chi connectivity index (χ0v) is 19.4. The lowest BCUT2D eigenvalue weighted by atomic mass is 9.77. The van der Waals surface area contributed by atoms with Crippen molar-refractivity contribution < 1.29 is 32.5 Å². The summed E-state index contributed by atoms with van der Waals surface area (Å²) >= 11 is 0. The van der Waals surface area contributed by atoms with E-state index in [1.807, 2.05) is 31.2 Å². The quantitative estimate of drug-likeness (QED) is 0.531. The van der Waals surface area contributed by atoms with Crippen LogP contribution in [0.3, 0.4) is 0 Å². The van der Waals surface area contributed by atoms with Crippen LogP contribution in [0.1, 0.15) is 60.9 Å². The second kappa shape index (κ2) is 10.5.